The van der Waals surface area contributed by atoms with Gasteiger partial charge in [-0.25, -0.2) is 0 Å². The van der Waals surface area contributed by atoms with Crippen LogP contribution >= 0.6 is 0 Å². The van der Waals surface area contributed by atoms with Crippen LogP contribution in [0, 0.1) is 5.92 Å². The van der Waals surface area contributed by atoms with Gasteiger partial charge < -0.3 is 24.6 Å². The van der Waals surface area contributed by atoms with E-state index in [1.807, 2.05) is 72.8 Å². The van der Waals surface area contributed by atoms with Gasteiger partial charge in [-0.2, -0.15) is 0 Å². The minimum Gasteiger partial charge on any atom is -0.482 e. The highest BCUT2D eigenvalue weighted by Crippen LogP contribution is 2.49. The zero-order valence-corrected chi connectivity index (χ0v) is 29.5. The predicted octanol–water partition coefficient (Wildman–Crippen LogP) is 4.94. The van der Waals surface area contributed by atoms with Gasteiger partial charge in [-0.15, -0.1) is 5.10 Å². The van der Waals surface area contributed by atoms with Crippen molar-refractivity contribution < 1.29 is 34.1 Å². The van der Waals surface area contributed by atoms with Gasteiger partial charge in [0.2, 0.25) is 0 Å². The second-order valence-corrected chi connectivity index (χ2v) is 13.5. The maximum atomic E-state index is 14.6. The van der Waals surface area contributed by atoms with E-state index in [-0.39, 0.29) is 38.2 Å². The summed E-state index contributed by atoms with van der Waals surface area (Å²) in [5.74, 6) is -0.529. The Morgan fingerprint density at radius 1 is 0.833 bits per heavy atom. The number of para-hydroxylation sites is 4. The molecule has 0 saturated carbocycles. The largest absolute Gasteiger partial charge is 0.482 e. The van der Waals surface area contributed by atoms with Crippen molar-refractivity contribution in [3.8, 4) is 11.5 Å². The molecule has 3 amide bonds. The number of fused-ring (bicyclic) bond motifs is 3. The molecule has 1 aromatic heterocycles. The Balaban J connectivity index is 1.13. The van der Waals surface area contributed by atoms with E-state index in [1.54, 1.807) is 62.8 Å². The third-order valence-electron chi connectivity index (χ3n) is 10.00. The van der Waals surface area contributed by atoms with E-state index in [0.717, 1.165) is 5.56 Å². The molecule has 5 aromatic rings. The summed E-state index contributed by atoms with van der Waals surface area (Å²) in [6, 6.07) is 27.2. The molecule has 4 aromatic carbocycles. The minimum atomic E-state index is -1.98. The smallest absolute Gasteiger partial charge is 0.269 e. The van der Waals surface area contributed by atoms with Gasteiger partial charge in [-0.1, -0.05) is 60.7 Å². The predicted molar refractivity (Wildman–Crippen MR) is 200 cm³/mol. The van der Waals surface area contributed by atoms with Crippen LogP contribution in [0.5, 0.6) is 11.5 Å². The lowest BCUT2D eigenvalue weighted by molar-refractivity contribution is -0.139. The quantitative estimate of drug-likeness (QED) is 0.181. The van der Waals surface area contributed by atoms with Gasteiger partial charge in [0, 0.05) is 48.6 Å². The average Bonchev–Trinajstić information content (AvgIpc) is 3.72. The number of aliphatic hydroxyl groups is 2. The number of hydrogen-bond acceptors (Lipinski definition) is 9. The summed E-state index contributed by atoms with van der Waals surface area (Å²) in [5.41, 5.74) is 2.66. The summed E-state index contributed by atoms with van der Waals surface area (Å²) in [4.78, 5) is 45.8. The number of carbonyl (C=O) groups is 3. The second kappa shape index (κ2) is 14.3. The molecular weight excluding hydrogens is 688 g/mol. The zero-order valence-electron chi connectivity index (χ0n) is 29.5. The lowest BCUT2D eigenvalue weighted by Gasteiger charge is -2.31. The Hall–Kier alpha value is -6.31. The van der Waals surface area contributed by atoms with Gasteiger partial charge in [-0.05, 0) is 66.6 Å². The van der Waals surface area contributed by atoms with Crippen LogP contribution in [0.1, 0.15) is 30.2 Å². The highest BCUT2D eigenvalue weighted by atomic mass is 16.5. The van der Waals surface area contributed by atoms with Crippen LogP contribution in [0.2, 0.25) is 0 Å². The standard InChI is InChI=1S/C41H38N6O7/c1-27(9-6-7-19-44-24-29(18-20-48)42-43-44)41(52)32-22-31(47-35-13-3-5-15-37(35)54-26-39(47)50)16-17-33(32)45(40(41)51)23-28-10-8-11-30(21-28)46-34-12-2-4-14-36(34)53-25-38(46)49/h2-6,8-17,21-22,24,27,48,52H,7,18-20,23,25-26H2,1H3/b9-6+/t27-,41+/m0/s1. The molecule has 274 valence electrons. The fourth-order valence-corrected chi connectivity index (χ4v) is 7.30. The van der Waals surface area contributed by atoms with E-state index in [0.29, 0.717) is 70.6 Å². The van der Waals surface area contributed by atoms with Crippen molar-refractivity contribution in [2.45, 2.75) is 38.5 Å². The van der Waals surface area contributed by atoms with E-state index in [4.69, 9.17) is 9.47 Å². The molecule has 3 aliphatic rings. The minimum absolute atomic E-state index is 0.0113. The van der Waals surface area contributed by atoms with Crippen molar-refractivity contribution in [3.05, 3.63) is 126 Å². The monoisotopic (exact) mass is 726 g/mol. The van der Waals surface area contributed by atoms with Crippen LogP contribution in [0.25, 0.3) is 0 Å². The van der Waals surface area contributed by atoms with Gasteiger partial charge in [0.15, 0.2) is 18.8 Å². The number of nitrogens with zero attached hydrogens (tertiary/aromatic N) is 6. The van der Waals surface area contributed by atoms with Crippen molar-refractivity contribution >= 4 is 46.2 Å². The van der Waals surface area contributed by atoms with Crippen molar-refractivity contribution in [2.75, 3.05) is 34.5 Å². The lowest BCUT2D eigenvalue weighted by atomic mass is 9.82. The van der Waals surface area contributed by atoms with Gasteiger partial charge in [0.1, 0.15) is 11.5 Å². The summed E-state index contributed by atoms with van der Waals surface area (Å²) in [5, 5.41) is 30.0. The molecule has 2 atom stereocenters. The molecule has 0 aliphatic carbocycles. The van der Waals surface area contributed by atoms with E-state index in [2.05, 4.69) is 10.3 Å². The number of amides is 3. The third-order valence-corrected chi connectivity index (χ3v) is 10.00. The number of allylic oxidation sites excluding steroid dienone is 1. The first-order chi connectivity index (χ1) is 26.3. The second-order valence-electron chi connectivity index (χ2n) is 13.5. The fraction of sp³-hybridized carbons (Fsp3) is 0.244. The molecule has 4 heterocycles. The van der Waals surface area contributed by atoms with Crippen LogP contribution < -0.4 is 24.2 Å². The molecule has 8 rings (SSSR count). The average molecular weight is 727 g/mol. The Morgan fingerprint density at radius 2 is 1.50 bits per heavy atom. The van der Waals surface area contributed by atoms with Crippen molar-refractivity contribution in [3.63, 3.8) is 0 Å². The molecule has 54 heavy (non-hydrogen) atoms. The van der Waals surface area contributed by atoms with Gasteiger partial charge in [0.05, 0.1) is 29.3 Å². The Bertz CT molecular complexity index is 2290. The normalized spacial score (nSPS) is 18.4. The van der Waals surface area contributed by atoms with Gasteiger partial charge in [0.25, 0.3) is 17.7 Å². The summed E-state index contributed by atoms with van der Waals surface area (Å²) < 4.78 is 13.0. The molecule has 0 fully saturated rings. The van der Waals surface area contributed by atoms with E-state index in [9.17, 15) is 24.6 Å². The summed E-state index contributed by atoms with van der Waals surface area (Å²) in [6.07, 6.45) is 6.48. The molecule has 0 saturated heterocycles. The summed E-state index contributed by atoms with van der Waals surface area (Å²) >= 11 is 0. The number of benzene rings is 4. The first-order valence-electron chi connectivity index (χ1n) is 17.8. The number of anilines is 5. The zero-order chi connectivity index (χ0) is 37.4. The molecule has 3 aliphatic heterocycles. The lowest BCUT2D eigenvalue weighted by Crippen LogP contribution is -2.44. The van der Waals surface area contributed by atoms with Crippen molar-refractivity contribution in [2.24, 2.45) is 5.92 Å². The summed E-state index contributed by atoms with van der Waals surface area (Å²) in [6.45, 7) is 2.16. The maximum absolute atomic E-state index is 14.6. The van der Waals surface area contributed by atoms with Crippen LogP contribution in [0.15, 0.2) is 109 Å². The fourth-order valence-electron chi connectivity index (χ4n) is 7.30. The van der Waals surface area contributed by atoms with Crippen LogP contribution in [0.4, 0.5) is 28.4 Å². The number of rotatable bonds is 11. The van der Waals surface area contributed by atoms with Crippen molar-refractivity contribution in [1.82, 2.24) is 15.0 Å². The number of ether oxygens (including phenoxy) is 2. The molecular formula is C41H38N6O7. The molecule has 13 nitrogen and oxygen atoms in total. The SMILES string of the molecule is C[C@@H](/C=C/CCn1cc(CCO)nn1)[C@]1(O)C(=O)N(Cc2cccc(N3C(=O)COc4ccccc43)c2)c2ccc(N3C(=O)COc4ccccc43)cc21. The molecule has 0 radical (unpaired) electrons. The van der Waals surface area contributed by atoms with E-state index < -0.39 is 17.4 Å². The van der Waals surface area contributed by atoms with Crippen molar-refractivity contribution in [1.29, 1.82) is 0 Å². The van der Waals surface area contributed by atoms with Crippen LogP contribution in [-0.2, 0) is 39.5 Å². The Kier molecular flexibility index (Phi) is 9.18. The van der Waals surface area contributed by atoms with Gasteiger partial charge >= 0.3 is 0 Å². The summed E-state index contributed by atoms with van der Waals surface area (Å²) in [7, 11) is 0. The Morgan fingerprint density at radius 3 is 2.19 bits per heavy atom. The van der Waals surface area contributed by atoms with Crippen LogP contribution in [-0.4, -0.2) is 62.7 Å². The first-order valence-corrected chi connectivity index (χ1v) is 17.8. The Labute approximate surface area is 311 Å². The number of carbonyl (C=O) groups excluding carboxylic acids is 3. The molecule has 0 unspecified atom stereocenters. The molecule has 2 N–H and O–H groups in total. The topological polar surface area (TPSA) is 151 Å². The highest BCUT2D eigenvalue weighted by molar-refractivity contribution is 6.09. The first kappa shape index (κ1) is 34.8. The van der Waals surface area contributed by atoms with E-state index in [1.165, 1.54) is 0 Å². The molecule has 0 spiro atoms. The maximum Gasteiger partial charge on any atom is 0.269 e. The highest BCUT2D eigenvalue weighted by Gasteiger charge is 2.53. The number of aryl methyl sites for hydroxylation is 1. The van der Waals surface area contributed by atoms with Crippen LogP contribution in [0.3, 0.4) is 0 Å². The molecule has 13 heteroatoms. The number of aliphatic hydroxyl groups excluding tert-OH is 1. The van der Waals surface area contributed by atoms with E-state index >= 15 is 0 Å². The molecule has 0 bridgehead atoms. The third kappa shape index (κ3) is 6.16. The number of aromatic nitrogens is 3. The van der Waals surface area contributed by atoms with Gasteiger partial charge in [-0.3, -0.25) is 28.9 Å². The number of hydrogen-bond donors (Lipinski definition) is 2.